The van der Waals surface area contributed by atoms with Crippen LogP contribution in [0.5, 0.6) is 11.5 Å². The second kappa shape index (κ2) is 2.39. The summed E-state index contributed by atoms with van der Waals surface area (Å²) >= 11 is 0. The molecule has 0 spiro atoms. The molecule has 0 fully saturated rings. The Balaban J connectivity index is 2.16. The van der Waals surface area contributed by atoms with Crippen molar-refractivity contribution in [2.24, 2.45) is 5.73 Å². The Morgan fingerprint density at radius 3 is 3.08 bits per heavy atom. The topological polar surface area (TPSA) is 44.5 Å². The molecule has 2 heterocycles. The molecule has 0 radical (unpaired) electrons. The van der Waals surface area contributed by atoms with Crippen molar-refractivity contribution >= 4 is 0 Å². The van der Waals surface area contributed by atoms with E-state index in [1.54, 1.807) is 0 Å². The van der Waals surface area contributed by atoms with Crippen LogP contribution in [-0.4, -0.2) is 13.2 Å². The molecule has 0 bridgehead atoms. The zero-order valence-corrected chi connectivity index (χ0v) is 7.25. The van der Waals surface area contributed by atoms with Crippen molar-refractivity contribution in [1.29, 1.82) is 0 Å². The van der Waals surface area contributed by atoms with Crippen molar-refractivity contribution in [3.05, 3.63) is 23.3 Å². The summed E-state index contributed by atoms with van der Waals surface area (Å²) in [5, 5.41) is 0. The van der Waals surface area contributed by atoms with E-state index in [2.05, 4.69) is 6.07 Å². The Hall–Kier alpha value is -1.22. The Labute approximate surface area is 76.4 Å². The summed E-state index contributed by atoms with van der Waals surface area (Å²) in [6.45, 7) is 1.38. The van der Waals surface area contributed by atoms with Gasteiger partial charge in [0.25, 0.3) is 0 Å². The minimum absolute atomic E-state index is 0.0425. The van der Waals surface area contributed by atoms with Crippen molar-refractivity contribution in [2.75, 3.05) is 13.2 Å². The van der Waals surface area contributed by atoms with Crippen LogP contribution in [0.3, 0.4) is 0 Å². The number of ether oxygens (including phenoxy) is 2. The standard InChI is InChI=1S/C10H11NO2/c11-8-5-13-10-4-9-6(1-2-12-9)3-7(8)10/h3-4,8H,1-2,5,11H2/t8-/m0/s1. The molecule has 0 unspecified atom stereocenters. The van der Waals surface area contributed by atoms with Gasteiger partial charge in [0.2, 0.25) is 0 Å². The molecule has 68 valence electrons. The summed E-state index contributed by atoms with van der Waals surface area (Å²) in [5.74, 6) is 1.86. The van der Waals surface area contributed by atoms with Gasteiger partial charge < -0.3 is 15.2 Å². The molecule has 0 aliphatic carbocycles. The van der Waals surface area contributed by atoms with Crippen LogP contribution in [0.1, 0.15) is 17.2 Å². The first-order chi connectivity index (χ1) is 6.34. The molecular weight excluding hydrogens is 166 g/mol. The first kappa shape index (κ1) is 7.21. The summed E-state index contributed by atoms with van der Waals surface area (Å²) < 4.78 is 10.9. The Morgan fingerprint density at radius 1 is 1.23 bits per heavy atom. The molecule has 0 saturated carbocycles. The molecule has 1 aromatic rings. The van der Waals surface area contributed by atoms with E-state index in [4.69, 9.17) is 15.2 Å². The molecule has 3 heteroatoms. The second-order valence-corrected chi connectivity index (χ2v) is 3.51. The number of fused-ring (bicyclic) bond motifs is 2. The van der Waals surface area contributed by atoms with E-state index in [-0.39, 0.29) is 6.04 Å². The molecule has 2 aliphatic heterocycles. The van der Waals surface area contributed by atoms with Crippen LogP contribution in [0.25, 0.3) is 0 Å². The van der Waals surface area contributed by atoms with Gasteiger partial charge in [-0.25, -0.2) is 0 Å². The normalized spacial score (nSPS) is 23.3. The molecule has 3 rings (SSSR count). The molecule has 1 atom stereocenters. The summed E-state index contributed by atoms with van der Waals surface area (Å²) in [6.07, 6.45) is 0.995. The Kier molecular flexibility index (Phi) is 1.32. The van der Waals surface area contributed by atoms with Crippen molar-refractivity contribution in [3.63, 3.8) is 0 Å². The minimum atomic E-state index is 0.0425. The zero-order chi connectivity index (χ0) is 8.84. The van der Waals surface area contributed by atoms with E-state index in [0.717, 1.165) is 30.1 Å². The predicted octanol–water partition coefficient (Wildman–Crippen LogP) is 1.01. The summed E-state index contributed by atoms with van der Waals surface area (Å²) in [4.78, 5) is 0. The van der Waals surface area contributed by atoms with Gasteiger partial charge in [-0.05, 0) is 11.6 Å². The van der Waals surface area contributed by atoms with Gasteiger partial charge in [0.15, 0.2) is 0 Å². The number of hydrogen-bond acceptors (Lipinski definition) is 3. The van der Waals surface area contributed by atoms with E-state index in [0.29, 0.717) is 6.61 Å². The fourth-order valence-corrected chi connectivity index (χ4v) is 1.91. The van der Waals surface area contributed by atoms with Gasteiger partial charge in [-0.2, -0.15) is 0 Å². The maximum Gasteiger partial charge on any atom is 0.128 e. The number of nitrogens with two attached hydrogens (primary N) is 1. The third kappa shape index (κ3) is 0.937. The van der Waals surface area contributed by atoms with Gasteiger partial charge in [0.1, 0.15) is 18.1 Å². The van der Waals surface area contributed by atoms with Gasteiger partial charge in [0, 0.05) is 18.1 Å². The Bertz CT molecular complexity index is 362. The summed E-state index contributed by atoms with van der Waals surface area (Å²) in [5.41, 5.74) is 8.27. The molecule has 1 aromatic carbocycles. The van der Waals surface area contributed by atoms with Crippen LogP contribution in [0.4, 0.5) is 0 Å². The molecule has 13 heavy (non-hydrogen) atoms. The number of rotatable bonds is 0. The molecular formula is C10H11NO2. The maximum absolute atomic E-state index is 5.87. The molecule has 3 nitrogen and oxygen atoms in total. The molecule has 0 saturated heterocycles. The van der Waals surface area contributed by atoms with Crippen molar-refractivity contribution in [3.8, 4) is 11.5 Å². The van der Waals surface area contributed by atoms with E-state index in [9.17, 15) is 0 Å². The average molecular weight is 177 g/mol. The lowest BCUT2D eigenvalue weighted by Crippen LogP contribution is -2.10. The monoisotopic (exact) mass is 177 g/mol. The highest BCUT2D eigenvalue weighted by molar-refractivity contribution is 5.51. The van der Waals surface area contributed by atoms with Crippen molar-refractivity contribution in [1.82, 2.24) is 0 Å². The van der Waals surface area contributed by atoms with E-state index in [1.165, 1.54) is 5.56 Å². The minimum Gasteiger partial charge on any atom is -0.493 e. The van der Waals surface area contributed by atoms with E-state index in [1.807, 2.05) is 6.07 Å². The molecule has 0 amide bonds. The van der Waals surface area contributed by atoms with Crippen LogP contribution < -0.4 is 15.2 Å². The highest BCUT2D eigenvalue weighted by Crippen LogP contribution is 2.38. The lowest BCUT2D eigenvalue weighted by atomic mass is 10.0. The fraction of sp³-hybridized carbons (Fsp3) is 0.400. The molecule has 2 N–H and O–H groups in total. The maximum atomic E-state index is 5.87. The zero-order valence-electron chi connectivity index (χ0n) is 7.25. The smallest absolute Gasteiger partial charge is 0.128 e. The Morgan fingerprint density at radius 2 is 2.15 bits per heavy atom. The van der Waals surface area contributed by atoms with Crippen LogP contribution in [0, 0.1) is 0 Å². The SMILES string of the molecule is N[C@H]1COc2cc3c(cc21)CCO3. The predicted molar refractivity (Wildman–Crippen MR) is 48.1 cm³/mol. The quantitative estimate of drug-likeness (QED) is 0.643. The highest BCUT2D eigenvalue weighted by atomic mass is 16.5. The molecule has 2 aliphatic rings. The van der Waals surface area contributed by atoms with Crippen LogP contribution in [0.2, 0.25) is 0 Å². The van der Waals surface area contributed by atoms with Crippen LogP contribution >= 0.6 is 0 Å². The highest BCUT2D eigenvalue weighted by Gasteiger charge is 2.24. The fourth-order valence-electron chi connectivity index (χ4n) is 1.91. The number of hydrogen-bond donors (Lipinski definition) is 1. The third-order valence-electron chi connectivity index (χ3n) is 2.64. The second-order valence-electron chi connectivity index (χ2n) is 3.51. The first-order valence-electron chi connectivity index (χ1n) is 4.52. The van der Waals surface area contributed by atoms with Crippen molar-refractivity contribution < 1.29 is 9.47 Å². The van der Waals surface area contributed by atoms with Crippen molar-refractivity contribution in [2.45, 2.75) is 12.5 Å². The van der Waals surface area contributed by atoms with Gasteiger partial charge in [0.05, 0.1) is 12.6 Å². The molecule has 0 aromatic heterocycles. The average Bonchev–Trinajstić information content (AvgIpc) is 2.70. The van der Waals surface area contributed by atoms with E-state index >= 15 is 0 Å². The van der Waals surface area contributed by atoms with Gasteiger partial charge in [-0.3, -0.25) is 0 Å². The van der Waals surface area contributed by atoms with Gasteiger partial charge >= 0.3 is 0 Å². The number of benzene rings is 1. The van der Waals surface area contributed by atoms with Gasteiger partial charge in [-0.15, -0.1) is 0 Å². The van der Waals surface area contributed by atoms with Crippen LogP contribution in [0.15, 0.2) is 12.1 Å². The summed E-state index contributed by atoms with van der Waals surface area (Å²) in [7, 11) is 0. The third-order valence-corrected chi connectivity index (χ3v) is 2.64. The van der Waals surface area contributed by atoms with E-state index < -0.39 is 0 Å². The lowest BCUT2D eigenvalue weighted by Gasteiger charge is -2.03. The largest absolute Gasteiger partial charge is 0.493 e. The van der Waals surface area contributed by atoms with Crippen LogP contribution in [-0.2, 0) is 6.42 Å². The lowest BCUT2D eigenvalue weighted by molar-refractivity contribution is 0.327. The van der Waals surface area contributed by atoms with Gasteiger partial charge in [-0.1, -0.05) is 0 Å². The summed E-state index contributed by atoms with van der Waals surface area (Å²) in [6, 6.07) is 4.13. The first-order valence-corrected chi connectivity index (χ1v) is 4.52.